The van der Waals surface area contributed by atoms with Crippen molar-refractivity contribution in [2.45, 2.75) is 37.5 Å². The fourth-order valence-corrected chi connectivity index (χ4v) is 2.28. The van der Waals surface area contributed by atoms with Crippen molar-refractivity contribution in [1.29, 1.82) is 0 Å². The van der Waals surface area contributed by atoms with E-state index in [0.29, 0.717) is 24.1 Å². The number of halogens is 2. The second-order valence-electron chi connectivity index (χ2n) is 4.23. The van der Waals surface area contributed by atoms with E-state index in [1.165, 1.54) is 0 Å². The lowest BCUT2D eigenvalue weighted by Gasteiger charge is -2.31. The van der Waals surface area contributed by atoms with E-state index >= 15 is 0 Å². The quantitative estimate of drug-likeness (QED) is 0.706. The third kappa shape index (κ3) is 2.11. The zero-order valence-electron chi connectivity index (χ0n) is 8.55. The van der Waals surface area contributed by atoms with Gasteiger partial charge in [-0.25, -0.2) is 8.78 Å². The second kappa shape index (κ2) is 3.80. The number of hydrogen-bond donors (Lipinski definition) is 1. The van der Waals surface area contributed by atoms with Crippen molar-refractivity contribution in [3.63, 3.8) is 0 Å². The molecule has 1 saturated carbocycles. The second-order valence-corrected chi connectivity index (χ2v) is 4.23. The summed E-state index contributed by atoms with van der Waals surface area (Å²) in [5.41, 5.74) is 6.85. The lowest BCUT2D eigenvalue weighted by Crippen LogP contribution is -2.29. The van der Waals surface area contributed by atoms with Gasteiger partial charge in [0.05, 0.1) is 0 Å². The van der Waals surface area contributed by atoms with Crippen molar-refractivity contribution in [3.8, 4) is 0 Å². The minimum absolute atomic E-state index is 0.00641. The summed E-state index contributed by atoms with van der Waals surface area (Å²) >= 11 is 0. The summed E-state index contributed by atoms with van der Waals surface area (Å²) < 4.78 is 27.3. The number of alkyl halides is 2. The summed E-state index contributed by atoms with van der Waals surface area (Å²) in [6, 6.07) is 6.89. The first-order valence-corrected chi connectivity index (χ1v) is 5.33. The van der Waals surface area contributed by atoms with Gasteiger partial charge in [0, 0.05) is 18.0 Å². The van der Waals surface area contributed by atoms with Crippen molar-refractivity contribution in [3.05, 3.63) is 29.8 Å². The molecule has 1 aromatic carbocycles. The molecule has 1 fully saturated rings. The van der Waals surface area contributed by atoms with Crippen LogP contribution in [0, 0.1) is 0 Å². The molecule has 0 saturated heterocycles. The Hall–Kier alpha value is -1.12. The van der Waals surface area contributed by atoms with Gasteiger partial charge < -0.3 is 5.73 Å². The van der Waals surface area contributed by atoms with E-state index in [0.717, 1.165) is 6.42 Å². The van der Waals surface area contributed by atoms with Crippen molar-refractivity contribution in [2.75, 3.05) is 5.73 Å². The Labute approximate surface area is 88.3 Å². The van der Waals surface area contributed by atoms with E-state index in [9.17, 15) is 8.78 Å². The summed E-state index contributed by atoms with van der Waals surface area (Å²) in [7, 11) is 0. The van der Waals surface area contributed by atoms with E-state index in [2.05, 4.69) is 0 Å². The fourth-order valence-electron chi connectivity index (χ4n) is 2.28. The molecule has 0 aliphatic heterocycles. The standard InChI is InChI=1S/C12H15F2N/c13-12(14)7-2-1-6-11(12)9-4-3-5-10(15)8-9/h3-5,8,11H,1-2,6-7,15H2. The molecule has 1 aliphatic carbocycles. The summed E-state index contributed by atoms with van der Waals surface area (Å²) in [5, 5.41) is 0. The van der Waals surface area contributed by atoms with Crippen LogP contribution in [0.2, 0.25) is 0 Å². The van der Waals surface area contributed by atoms with Crippen LogP contribution in [0.25, 0.3) is 0 Å². The Morgan fingerprint density at radius 2 is 2.07 bits per heavy atom. The number of nitrogen functional groups attached to an aromatic ring is 1. The molecule has 2 rings (SSSR count). The average Bonchev–Trinajstić information content (AvgIpc) is 2.17. The highest BCUT2D eigenvalue weighted by Crippen LogP contribution is 2.44. The molecule has 2 N–H and O–H groups in total. The Morgan fingerprint density at radius 3 is 2.73 bits per heavy atom. The maximum absolute atomic E-state index is 13.6. The van der Waals surface area contributed by atoms with Crippen LogP contribution in [0.5, 0.6) is 0 Å². The zero-order chi connectivity index (χ0) is 10.9. The van der Waals surface area contributed by atoms with Gasteiger partial charge in [0.1, 0.15) is 0 Å². The van der Waals surface area contributed by atoms with E-state index in [1.54, 1.807) is 24.3 Å². The summed E-state index contributed by atoms with van der Waals surface area (Å²) in [6.45, 7) is 0. The third-order valence-electron chi connectivity index (χ3n) is 3.08. The van der Waals surface area contributed by atoms with E-state index in [4.69, 9.17) is 5.73 Å². The predicted octanol–water partition coefficient (Wildman–Crippen LogP) is 3.56. The summed E-state index contributed by atoms with van der Waals surface area (Å²) in [4.78, 5) is 0. The molecule has 0 bridgehead atoms. The van der Waals surface area contributed by atoms with Gasteiger partial charge in [-0.3, -0.25) is 0 Å². The number of benzene rings is 1. The Balaban J connectivity index is 2.29. The Kier molecular flexibility index (Phi) is 2.63. The van der Waals surface area contributed by atoms with Crippen LogP contribution < -0.4 is 5.73 Å². The first-order valence-electron chi connectivity index (χ1n) is 5.33. The first kappa shape index (κ1) is 10.4. The van der Waals surface area contributed by atoms with E-state index < -0.39 is 11.8 Å². The van der Waals surface area contributed by atoms with Crippen molar-refractivity contribution >= 4 is 5.69 Å². The predicted molar refractivity (Wildman–Crippen MR) is 57.0 cm³/mol. The molecule has 3 heteroatoms. The lowest BCUT2D eigenvalue weighted by atomic mass is 9.81. The first-order chi connectivity index (χ1) is 7.09. The summed E-state index contributed by atoms with van der Waals surface area (Å²) in [6.07, 6.45) is 2.09. The highest BCUT2D eigenvalue weighted by molar-refractivity contribution is 5.42. The minimum atomic E-state index is -2.56. The van der Waals surface area contributed by atoms with Crippen LogP contribution in [0.4, 0.5) is 14.5 Å². The maximum atomic E-state index is 13.6. The normalized spacial score (nSPS) is 25.1. The van der Waals surface area contributed by atoms with Crippen LogP contribution in [-0.4, -0.2) is 5.92 Å². The molecule has 1 nitrogen and oxygen atoms in total. The molecule has 1 atom stereocenters. The molecule has 1 aliphatic rings. The highest BCUT2D eigenvalue weighted by Gasteiger charge is 2.42. The van der Waals surface area contributed by atoms with Gasteiger partial charge in [0.25, 0.3) is 5.92 Å². The maximum Gasteiger partial charge on any atom is 0.254 e. The minimum Gasteiger partial charge on any atom is -0.399 e. The molecule has 82 valence electrons. The molecule has 15 heavy (non-hydrogen) atoms. The number of nitrogens with two attached hydrogens (primary N) is 1. The van der Waals surface area contributed by atoms with Gasteiger partial charge in [-0.05, 0) is 30.5 Å². The van der Waals surface area contributed by atoms with Crippen molar-refractivity contribution in [1.82, 2.24) is 0 Å². The van der Waals surface area contributed by atoms with Gasteiger partial charge >= 0.3 is 0 Å². The molecular weight excluding hydrogens is 196 g/mol. The molecule has 0 radical (unpaired) electrons. The van der Waals surface area contributed by atoms with E-state index in [-0.39, 0.29) is 6.42 Å². The SMILES string of the molecule is Nc1cccc(C2CCCCC2(F)F)c1. The van der Waals surface area contributed by atoms with Crippen LogP contribution >= 0.6 is 0 Å². The fraction of sp³-hybridized carbons (Fsp3) is 0.500. The summed E-state index contributed by atoms with van der Waals surface area (Å²) in [5.74, 6) is -3.21. The Morgan fingerprint density at radius 1 is 1.27 bits per heavy atom. The van der Waals surface area contributed by atoms with Gasteiger partial charge in [-0.15, -0.1) is 0 Å². The van der Waals surface area contributed by atoms with Crippen LogP contribution in [0.1, 0.15) is 37.2 Å². The number of rotatable bonds is 1. The molecule has 0 heterocycles. The molecule has 0 aromatic heterocycles. The van der Waals surface area contributed by atoms with Gasteiger partial charge in [-0.2, -0.15) is 0 Å². The number of anilines is 1. The number of hydrogen-bond acceptors (Lipinski definition) is 1. The van der Waals surface area contributed by atoms with Gasteiger partial charge in [0.2, 0.25) is 0 Å². The molecule has 0 spiro atoms. The molecular formula is C12H15F2N. The third-order valence-corrected chi connectivity index (χ3v) is 3.08. The molecule has 1 aromatic rings. The lowest BCUT2D eigenvalue weighted by molar-refractivity contribution is -0.0547. The van der Waals surface area contributed by atoms with Crippen LogP contribution in [0.3, 0.4) is 0 Å². The van der Waals surface area contributed by atoms with Crippen molar-refractivity contribution < 1.29 is 8.78 Å². The largest absolute Gasteiger partial charge is 0.399 e. The Bertz CT molecular complexity index is 349. The van der Waals surface area contributed by atoms with Crippen molar-refractivity contribution in [2.24, 2.45) is 0 Å². The monoisotopic (exact) mass is 211 g/mol. The van der Waals surface area contributed by atoms with Gasteiger partial charge in [-0.1, -0.05) is 18.6 Å². The molecule has 0 amide bonds. The topological polar surface area (TPSA) is 26.0 Å². The van der Waals surface area contributed by atoms with Gasteiger partial charge in [0.15, 0.2) is 0 Å². The smallest absolute Gasteiger partial charge is 0.254 e. The highest BCUT2D eigenvalue weighted by atomic mass is 19.3. The van der Waals surface area contributed by atoms with E-state index in [1.807, 2.05) is 0 Å². The van der Waals surface area contributed by atoms with Crippen LogP contribution in [0.15, 0.2) is 24.3 Å². The molecule has 1 unspecified atom stereocenters. The zero-order valence-corrected chi connectivity index (χ0v) is 8.55. The average molecular weight is 211 g/mol. The van der Waals surface area contributed by atoms with Crippen LogP contribution in [-0.2, 0) is 0 Å².